The van der Waals surface area contributed by atoms with E-state index in [4.69, 9.17) is 0 Å². The van der Waals surface area contributed by atoms with E-state index in [0.29, 0.717) is 19.4 Å². The number of ether oxygens (including phenoxy) is 2. The fraction of sp³-hybridized carbons (Fsp3) is 0.500. The van der Waals surface area contributed by atoms with Crippen LogP contribution < -0.4 is 9.47 Å². The van der Waals surface area contributed by atoms with E-state index in [0.717, 1.165) is 6.07 Å². The Morgan fingerprint density at radius 3 is 2.65 bits per heavy atom. The second kappa shape index (κ2) is 5.32. The van der Waals surface area contributed by atoms with Crippen molar-refractivity contribution in [2.75, 3.05) is 13.1 Å². The molecule has 1 unspecified atom stereocenters. The van der Waals surface area contributed by atoms with Gasteiger partial charge in [-0.3, -0.25) is 15.0 Å². The van der Waals surface area contributed by atoms with Crippen LogP contribution >= 0.6 is 0 Å². The maximum Gasteiger partial charge on any atom is 0.505 e. The summed E-state index contributed by atoms with van der Waals surface area (Å²) in [5.74, 6) is -3.98. The number of hydrogen-bond acceptors (Lipinski definition) is 8. The molecule has 0 aromatic heterocycles. The van der Waals surface area contributed by atoms with E-state index in [2.05, 4.69) is 9.47 Å². The summed E-state index contributed by atoms with van der Waals surface area (Å²) in [7, 11) is 0. The number of aliphatic hydroxyl groups is 5. The summed E-state index contributed by atoms with van der Waals surface area (Å²) < 4.78 is 9.32. The zero-order chi connectivity index (χ0) is 16.8. The topological polar surface area (TPSA) is 140 Å². The number of carbonyl (C=O) groups is 1. The smallest absolute Gasteiger partial charge is 0.403 e. The summed E-state index contributed by atoms with van der Waals surface area (Å²) >= 11 is 0. The lowest BCUT2D eigenvalue weighted by Gasteiger charge is -2.34. The molecule has 1 aromatic carbocycles. The minimum atomic E-state index is -2.84. The normalized spacial score (nSPS) is 23.0. The molecule has 126 valence electrons. The average Bonchev–Trinajstić information content (AvgIpc) is 2.79. The zero-order valence-corrected chi connectivity index (χ0v) is 12.0. The van der Waals surface area contributed by atoms with Crippen LogP contribution in [0.2, 0.25) is 0 Å². The van der Waals surface area contributed by atoms with Gasteiger partial charge in [-0.25, -0.2) is 0 Å². The van der Waals surface area contributed by atoms with Gasteiger partial charge in [-0.15, -0.1) is 0 Å². The van der Waals surface area contributed by atoms with Gasteiger partial charge in [-0.05, 0) is 31.0 Å². The third kappa shape index (κ3) is 2.96. The highest BCUT2D eigenvalue weighted by Crippen LogP contribution is 2.40. The molecule has 1 amide bonds. The summed E-state index contributed by atoms with van der Waals surface area (Å²) in [4.78, 5) is 13.5. The van der Waals surface area contributed by atoms with Crippen LogP contribution in [0.1, 0.15) is 18.4 Å². The Hall–Kier alpha value is -1.91. The van der Waals surface area contributed by atoms with E-state index < -0.39 is 24.0 Å². The number of likely N-dealkylation sites (tertiary alicyclic amines) is 1. The van der Waals surface area contributed by atoms with Crippen molar-refractivity contribution in [2.24, 2.45) is 0 Å². The Morgan fingerprint density at radius 1 is 1.26 bits per heavy atom. The Kier molecular flexibility index (Phi) is 3.69. The molecule has 0 bridgehead atoms. The lowest BCUT2D eigenvalue weighted by atomic mass is 10.0. The van der Waals surface area contributed by atoms with Crippen LogP contribution in [0.25, 0.3) is 0 Å². The molecule has 1 atom stereocenters. The van der Waals surface area contributed by atoms with Gasteiger partial charge in [-0.2, -0.15) is 0 Å². The molecule has 1 saturated heterocycles. The van der Waals surface area contributed by atoms with Gasteiger partial charge in [0.05, 0.1) is 6.10 Å². The first-order valence-corrected chi connectivity index (χ1v) is 7.08. The maximum atomic E-state index is 12.3. The van der Waals surface area contributed by atoms with Crippen LogP contribution in [0.4, 0.5) is 0 Å². The predicted octanol–water partition coefficient (Wildman–Crippen LogP) is -1.83. The lowest BCUT2D eigenvalue weighted by Crippen LogP contribution is -2.51. The van der Waals surface area contributed by atoms with E-state index in [-0.39, 0.29) is 23.6 Å². The number of amides is 1. The van der Waals surface area contributed by atoms with Crippen molar-refractivity contribution in [3.8, 4) is 11.5 Å². The molecular formula is C14H17NO8. The van der Waals surface area contributed by atoms with Gasteiger partial charge in [-0.1, -0.05) is 0 Å². The first-order valence-electron chi connectivity index (χ1n) is 7.08. The molecule has 9 heteroatoms. The minimum Gasteiger partial charge on any atom is -0.403 e. The summed E-state index contributed by atoms with van der Waals surface area (Å²) in [6, 6.07) is 3.49. The second-order valence-corrected chi connectivity index (χ2v) is 5.63. The molecule has 23 heavy (non-hydrogen) atoms. The number of piperidine rings is 1. The highest BCUT2D eigenvalue weighted by Gasteiger charge is 2.43. The van der Waals surface area contributed by atoms with Gasteiger partial charge in [0.2, 0.25) is 0 Å². The van der Waals surface area contributed by atoms with Gasteiger partial charge >= 0.3 is 6.16 Å². The Labute approximate surface area is 130 Å². The number of aliphatic hydroxyl groups excluding tert-OH is 1. The van der Waals surface area contributed by atoms with Gasteiger partial charge in [0.25, 0.3) is 11.7 Å². The Morgan fingerprint density at radius 2 is 1.96 bits per heavy atom. The van der Waals surface area contributed by atoms with E-state index >= 15 is 0 Å². The highest BCUT2D eigenvalue weighted by atomic mass is 17.0. The Bertz CT molecular complexity index is 629. The number of β-amino-alcohol motifs (C(OH)–C–C–N with tert-alkyl or cyclic N) is 1. The molecule has 1 aromatic rings. The fourth-order valence-electron chi connectivity index (χ4n) is 2.68. The third-order valence-corrected chi connectivity index (χ3v) is 3.81. The van der Waals surface area contributed by atoms with Crippen molar-refractivity contribution in [2.45, 2.75) is 30.9 Å². The van der Waals surface area contributed by atoms with Gasteiger partial charge in [0.15, 0.2) is 11.5 Å². The van der Waals surface area contributed by atoms with Crippen LogP contribution in [0.3, 0.4) is 0 Å². The second-order valence-electron chi connectivity index (χ2n) is 5.63. The predicted molar refractivity (Wildman–Crippen MR) is 72.8 cm³/mol. The molecule has 0 saturated carbocycles. The number of nitrogens with zero attached hydrogens (tertiary/aromatic N) is 1. The maximum absolute atomic E-state index is 12.3. The molecule has 2 aliphatic heterocycles. The largest absolute Gasteiger partial charge is 0.505 e. The van der Waals surface area contributed by atoms with Crippen molar-refractivity contribution in [1.82, 2.24) is 4.90 Å². The van der Waals surface area contributed by atoms with Crippen molar-refractivity contribution < 1.29 is 39.8 Å². The van der Waals surface area contributed by atoms with Crippen molar-refractivity contribution in [3.63, 3.8) is 0 Å². The van der Waals surface area contributed by atoms with Crippen molar-refractivity contribution in [1.29, 1.82) is 0 Å². The number of fused-ring (bicyclic) bond motifs is 1. The van der Waals surface area contributed by atoms with Crippen LogP contribution in [0.5, 0.6) is 11.5 Å². The summed E-state index contributed by atoms with van der Waals surface area (Å²) in [6.07, 6.45) is -2.44. The molecule has 1 fully saturated rings. The summed E-state index contributed by atoms with van der Waals surface area (Å²) in [5, 5.41) is 48.5. The number of rotatable bonds is 2. The molecule has 2 aliphatic rings. The first-order chi connectivity index (χ1) is 10.7. The molecule has 0 spiro atoms. The van der Waals surface area contributed by atoms with E-state index in [1.54, 1.807) is 0 Å². The minimum absolute atomic E-state index is 0.0165. The summed E-state index contributed by atoms with van der Waals surface area (Å²) in [6.45, 7) is 0.322. The molecular weight excluding hydrogens is 310 g/mol. The van der Waals surface area contributed by atoms with E-state index in [1.807, 2.05) is 0 Å². The SMILES string of the molecule is O=C(N1CCCC(O)C1)C(O)(O)c1ccc2c(c1)OC(O)(O)O2. The van der Waals surface area contributed by atoms with Crippen molar-refractivity contribution in [3.05, 3.63) is 23.8 Å². The van der Waals surface area contributed by atoms with Crippen LogP contribution in [0, 0.1) is 0 Å². The number of benzene rings is 1. The van der Waals surface area contributed by atoms with Gasteiger partial charge in [0, 0.05) is 18.7 Å². The monoisotopic (exact) mass is 327 g/mol. The number of carbonyl (C=O) groups excluding carboxylic acids is 1. The van der Waals surface area contributed by atoms with Crippen LogP contribution in [-0.2, 0) is 10.6 Å². The van der Waals surface area contributed by atoms with Crippen molar-refractivity contribution >= 4 is 5.91 Å². The number of hydrogen-bond donors (Lipinski definition) is 5. The summed E-state index contributed by atoms with van der Waals surface area (Å²) in [5.41, 5.74) is -0.220. The van der Waals surface area contributed by atoms with E-state index in [9.17, 15) is 30.3 Å². The quantitative estimate of drug-likeness (QED) is 0.400. The highest BCUT2D eigenvalue weighted by molar-refractivity contribution is 5.85. The van der Waals surface area contributed by atoms with Crippen LogP contribution in [0.15, 0.2) is 18.2 Å². The van der Waals surface area contributed by atoms with Gasteiger partial charge in [0.1, 0.15) is 0 Å². The fourth-order valence-corrected chi connectivity index (χ4v) is 2.68. The first kappa shape index (κ1) is 16.0. The van der Waals surface area contributed by atoms with Gasteiger partial charge < -0.3 is 29.7 Å². The van der Waals surface area contributed by atoms with Crippen LogP contribution in [-0.4, -0.2) is 61.7 Å². The molecule has 0 radical (unpaired) electrons. The lowest BCUT2D eigenvalue weighted by molar-refractivity contribution is -0.385. The average molecular weight is 327 g/mol. The third-order valence-electron chi connectivity index (χ3n) is 3.81. The Balaban J connectivity index is 1.84. The molecule has 5 N–H and O–H groups in total. The zero-order valence-electron chi connectivity index (χ0n) is 12.0. The molecule has 2 heterocycles. The molecule has 9 nitrogen and oxygen atoms in total. The molecule has 3 rings (SSSR count). The molecule has 0 aliphatic carbocycles. The standard InChI is InChI=1S/C14H17NO8/c16-9-2-1-5-15(7-9)12(17)13(18,19)8-3-4-10-11(6-8)23-14(20,21)22-10/h3-4,6,9,16,18-21H,1-2,5,7H2. The van der Waals surface area contributed by atoms with E-state index in [1.165, 1.54) is 17.0 Å².